The topological polar surface area (TPSA) is 87.2 Å². The number of ether oxygens (including phenoxy) is 1. The third-order valence-corrected chi connectivity index (χ3v) is 3.62. The molecule has 7 heteroatoms. The van der Waals surface area contributed by atoms with Crippen LogP contribution in [0.4, 0.5) is 4.79 Å². The molecule has 1 saturated heterocycles. The molecule has 1 fully saturated rings. The van der Waals surface area contributed by atoms with E-state index < -0.39 is 18.1 Å². The van der Waals surface area contributed by atoms with Crippen molar-refractivity contribution in [2.45, 2.75) is 25.5 Å². The van der Waals surface area contributed by atoms with Crippen LogP contribution in [0, 0.1) is 0 Å². The van der Waals surface area contributed by atoms with Crippen LogP contribution in [-0.2, 0) is 20.9 Å². The summed E-state index contributed by atoms with van der Waals surface area (Å²) in [7, 11) is 1.65. The first-order valence-corrected chi connectivity index (χ1v) is 7.21. The first-order chi connectivity index (χ1) is 11.0. The minimum Gasteiger partial charge on any atom is -0.481 e. The van der Waals surface area contributed by atoms with Crippen molar-refractivity contribution < 1.29 is 24.2 Å². The lowest BCUT2D eigenvalue weighted by molar-refractivity contribution is -0.137. The summed E-state index contributed by atoms with van der Waals surface area (Å²) in [5.74, 6) is 0.849. The summed E-state index contributed by atoms with van der Waals surface area (Å²) < 4.78 is 5.24. The normalized spacial score (nSPS) is 17.1. The second-order valence-electron chi connectivity index (χ2n) is 5.30. The van der Waals surface area contributed by atoms with Gasteiger partial charge in [0.05, 0.1) is 6.04 Å². The lowest BCUT2D eigenvalue weighted by Crippen LogP contribution is -2.36. The quantitative estimate of drug-likeness (QED) is 0.827. The SMILES string of the molecule is CN1CC(CCC(=O)O)N(C(=O)OCc2ccccc2)C1=C=O. The minimum atomic E-state index is -0.950. The lowest BCUT2D eigenvalue weighted by atomic mass is 10.1. The van der Waals surface area contributed by atoms with E-state index in [0.717, 1.165) is 5.56 Å². The summed E-state index contributed by atoms with van der Waals surface area (Å²) in [5.41, 5.74) is 0.826. The summed E-state index contributed by atoms with van der Waals surface area (Å²) in [5, 5.41) is 8.81. The van der Waals surface area contributed by atoms with E-state index in [1.165, 1.54) is 4.90 Å². The number of carboxylic acid groups (broad SMARTS) is 1. The zero-order chi connectivity index (χ0) is 16.8. The van der Waals surface area contributed by atoms with Crippen molar-refractivity contribution in [3.05, 3.63) is 41.7 Å². The number of carbonyl (C=O) groups excluding carboxylic acids is 2. The van der Waals surface area contributed by atoms with Crippen molar-refractivity contribution >= 4 is 18.0 Å². The van der Waals surface area contributed by atoms with E-state index in [1.807, 2.05) is 30.3 Å². The zero-order valence-electron chi connectivity index (χ0n) is 12.8. The Morgan fingerprint density at radius 3 is 2.65 bits per heavy atom. The highest BCUT2D eigenvalue weighted by molar-refractivity contribution is 5.75. The average molecular weight is 318 g/mol. The molecule has 0 aliphatic carbocycles. The highest BCUT2D eigenvalue weighted by Gasteiger charge is 2.38. The monoisotopic (exact) mass is 318 g/mol. The van der Waals surface area contributed by atoms with Gasteiger partial charge in [-0.1, -0.05) is 30.3 Å². The maximum Gasteiger partial charge on any atom is 0.416 e. The molecule has 0 bridgehead atoms. The molecule has 23 heavy (non-hydrogen) atoms. The Bertz CT molecular complexity index is 625. The lowest BCUT2D eigenvalue weighted by Gasteiger charge is -2.22. The summed E-state index contributed by atoms with van der Waals surface area (Å²) >= 11 is 0. The summed E-state index contributed by atoms with van der Waals surface area (Å²) in [6.07, 6.45) is -0.523. The molecule has 2 rings (SSSR count). The van der Waals surface area contributed by atoms with Gasteiger partial charge < -0.3 is 14.7 Å². The highest BCUT2D eigenvalue weighted by Crippen LogP contribution is 2.25. The molecule has 0 aromatic heterocycles. The number of hydrogen-bond donors (Lipinski definition) is 1. The molecule has 1 aliphatic heterocycles. The van der Waals surface area contributed by atoms with E-state index in [1.54, 1.807) is 17.9 Å². The zero-order valence-corrected chi connectivity index (χ0v) is 12.8. The molecule has 1 heterocycles. The van der Waals surface area contributed by atoms with Gasteiger partial charge in [-0.2, -0.15) is 0 Å². The first-order valence-electron chi connectivity index (χ1n) is 7.21. The number of hydrogen-bond acceptors (Lipinski definition) is 5. The second kappa shape index (κ2) is 7.47. The molecule has 0 radical (unpaired) electrons. The molecule has 1 aromatic carbocycles. The standard InChI is InChI=1S/C16H18N2O5/c1-17-9-13(7-8-15(20)21)18(14(17)10-19)16(22)23-11-12-5-3-2-4-6-12/h2-6,13H,7-9,11H2,1H3,(H,20,21). The number of amides is 1. The third kappa shape index (κ3) is 4.11. The predicted octanol–water partition coefficient (Wildman–Crippen LogP) is 1.48. The van der Waals surface area contributed by atoms with Gasteiger partial charge in [0.25, 0.3) is 0 Å². The van der Waals surface area contributed by atoms with Crippen molar-refractivity contribution in [1.29, 1.82) is 0 Å². The maximum absolute atomic E-state index is 12.3. The third-order valence-electron chi connectivity index (χ3n) is 3.62. The molecule has 7 nitrogen and oxygen atoms in total. The Morgan fingerprint density at radius 1 is 1.35 bits per heavy atom. The Balaban J connectivity index is 2.06. The van der Waals surface area contributed by atoms with Crippen LogP contribution in [-0.4, -0.2) is 52.5 Å². The smallest absolute Gasteiger partial charge is 0.416 e. The van der Waals surface area contributed by atoms with Crippen molar-refractivity contribution in [2.24, 2.45) is 0 Å². The Hall–Kier alpha value is -2.79. The molecule has 1 N–H and O–H groups in total. The van der Waals surface area contributed by atoms with Gasteiger partial charge in [0.1, 0.15) is 6.61 Å². The van der Waals surface area contributed by atoms with Crippen molar-refractivity contribution in [3.63, 3.8) is 0 Å². The van der Waals surface area contributed by atoms with E-state index in [0.29, 0.717) is 6.54 Å². The Labute approximate surface area is 133 Å². The fourth-order valence-electron chi connectivity index (χ4n) is 2.50. The number of rotatable bonds is 5. The molecule has 1 aliphatic rings. The molecular formula is C16H18N2O5. The van der Waals surface area contributed by atoms with Crippen LogP contribution in [0.1, 0.15) is 18.4 Å². The number of aliphatic carboxylic acids is 1. The summed E-state index contributed by atoms with van der Waals surface area (Å²) in [6, 6.07) is 8.74. The second-order valence-corrected chi connectivity index (χ2v) is 5.30. The van der Waals surface area contributed by atoms with Crippen LogP contribution in [0.25, 0.3) is 0 Å². The molecule has 1 unspecified atom stereocenters. The van der Waals surface area contributed by atoms with Crippen molar-refractivity contribution in [2.75, 3.05) is 13.6 Å². The van der Waals surface area contributed by atoms with Crippen LogP contribution in [0.5, 0.6) is 0 Å². The molecule has 0 saturated carbocycles. The Kier molecular flexibility index (Phi) is 5.38. The van der Waals surface area contributed by atoms with Gasteiger partial charge in [0, 0.05) is 20.0 Å². The van der Waals surface area contributed by atoms with Gasteiger partial charge in [0.2, 0.25) is 5.82 Å². The molecule has 0 spiro atoms. The minimum absolute atomic E-state index is 0.0680. The van der Waals surface area contributed by atoms with Gasteiger partial charge in [0.15, 0.2) is 5.94 Å². The number of likely N-dealkylation sites (N-methyl/N-ethyl adjacent to an activating group) is 1. The van der Waals surface area contributed by atoms with E-state index in [4.69, 9.17) is 9.84 Å². The van der Waals surface area contributed by atoms with Gasteiger partial charge in [-0.15, -0.1) is 0 Å². The van der Waals surface area contributed by atoms with Gasteiger partial charge in [-0.25, -0.2) is 14.5 Å². The fourth-order valence-corrected chi connectivity index (χ4v) is 2.50. The largest absolute Gasteiger partial charge is 0.481 e. The number of carboxylic acids is 1. The van der Waals surface area contributed by atoms with Crippen LogP contribution in [0.15, 0.2) is 36.2 Å². The number of benzene rings is 1. The predicted molar refractivity (Wildman–Crippen MR) is 81.0 cm³/mol. The van der Waals surface area contributed by atoms with Gasteiger partial charge >= 0.3 is 12.1 Å². The van der Waals surface area contributed by atoms with E-state index in [2.05, 4.69) is 0 Å². The van der Waals surface area contributed by atoms with Crippen molar-refractivity contribution in [1.82, 2.24) is 9.80 Å². The average Bonchev–Trinajstić information content (AvgIpc) is 2.87. The van der Waals surface area contributed by atoms with Crippen LogP contribution >= 0.6 is 0 Å². The van der Waals surface area contributed by atoms with Crippen LogP contribution < -0.4 is 0 Å². The highest BCUT2D eigenvalue weighted by atomic mass is 16.6. The molecule has 122 valence electrons. The summed E-state index contributed by atoms with van der Waals surface area (Å²) in [4.78, 5) is 36.9. The van der Waals surface area contributed by atoms with E-state index in [-0.39, 0.29) is 25.3 Å². The first kappa shape index (κ1) is 16.6. The number of carbonyl (C=O) groups is 2. The van der Waals surface area contributed by atoms with Gasteiger partial charge in [-0.3, -0.25) is 4.79 Å². The number of nitrogens with zero attached hydrogens (tertiary/aromatic N) is 2. The van der Waals surface area contributed by atoms with Crippen LogP contribution in [0.2, 0.25) is 0 Å². The summed E-state index contributed by atoms with van der Waals surface area (Å²) in [6.45, 7) is 0.454. The Morgan fingerprint density at radius 2 is 2.04 bits per heavy atom. The van der Waals surface area contributed by atoms with Gasteiger partial charge in [-0.05, 0) is 12.0 Å². The van der Waals surface area contributed by atoms with Crippen molar-refractivity contribution in [3.8, 4) is 0 Å². The van der Waals surface area contributed by atoms with E-state index >= 15 is 0 Å². The molecule has 1 amide bonds. The molecule has 1 aromatic rings. The maximum atomic E-state index is 12.3. The van der Waals surface area contributed by atoms with Crippen LogP contribution in [0.3, 0.4) is 0 Å². The molecular weight excluding hydrogens is 300 g/mol. The van der Waals surface area contributed by atoms with E-state index in [9.17, 15) is 14.4 Å². The fraction of sp³-hybridized carbons (Fsp3) is 0.375. The molecule has 1 atom stereocenters.